The number of carbonyl (C=O) groups is 2. The molecule has 1 atom stereocenters. The molecule has 9 heteroatoms. The molecule has 0 saturated carbocycles. The molecule has 5 N–H and O–H groups in total. The predicted molar refractivity (Wildman–Crippen MR) is 122 cm³/mol. The minimum absolute atomic E-state index is 0.176. The van der Waals surface area contributed by atoms with Crippen LogP contribution in [0.2, 0.25) is 0 Å². The van der Waals surface area contributed by atoms with Crippen LogP contribution in [0.3, 0.4) is 0 Å². The quantitative estimate of drug-likeness (QED) is 0.312. The first-order chi connectivity index (χ1) is 14.9. The average Bonchev–Trinajstić information content (AvgIpc) is 2.76. The molecule has 0 aromatic heterocycles. The number of ether oxygens (including phenoxy) is 1. The fraction of sp³-hybridized carbons (Fsp3) is 0.591. The van der Waals surface area contributed by atoms with Gasteiger partial charge in [-0.1, -0.05) is 26.0 Å². The van der Waals surface area contributed by atoms with Crippen molar-refractivity contribution in [2.24, 2.45) is 16.6 Å². The summed E-state index contributed by atoms with van der Waals surface area (Å²) in [5.41, 5.74) is 6.51. The summed E-state index contributed by atoms with van der Waals surface area (Å²) in [7, 11) is 0. The Morgan fingerprint density at radius 2 is 1.81 bits per heavy atom. The molecule has 0 bridgehead atoms. The van der Waals surface area contributed by atoms with Crippen molar-refractivity contribution >= 4 is 17.8 Å². The molecule has 1 aromatic rings. The Labute approximate surface area is 184 Å². The van der Waals surface area contributed by atoms with E-state index in [4.69, 9.17) is 10.5 Å². The maximum Gasteiger partial charge on any atom is 0.251 e. The molecule has 2 rings (SSSR count). The van der Waals surface area contributed by atoms with Crippen molar-refractivity contribution in [3.05, 3.63) is 35.4 Å². The predicted octanol–water partition coefficient (Wildman–Crippen LogP) is 0.314. The molecule has 1 heterocycles. The van der Waals surface area contributed by atoms with E-state index in [1.807, 2.05) is 19.1 Å². The molecule has 1 unspecified atom stereocenters. The third-order valence-electron chi connectivity index (χ3n) is 5.17. The molecule has 1 aromatic carbocycles. The zero-order chi connectivity index (χ0) is 22.6. The van der Waals surface area contributed by atoms with Gasteiger partial charge in [0.2, 0.25) is 5.91 Å². The summed E-state index contributed by atoms with van der Waals surface area (Å²) in [5, 5.41) is 9.25. The first kappa shape index (κ1) is 24.6. The molecule has 2 amide bonds. The largest absolute Gasteiger partial charge is 0.379 e. The Morgan fingerprint density at radius 1 is 1.13 bits per heavy atom. The molecule has 0 spiro atoms. The van der Waals surface area contributed by atoms with Gasteiger partial charge in [0, 0.05) is 37.8 Å². The SMILES string of the molecule is CCNC(=NCc1ccc(C(=O)NCC(N)=O)cc1)NCC(C(C)C)N1CCOCC1. The zero-order valence-corrected chi connectivity index (χ0v) is 18.8. The highest BCUT2D eigenvalue weighted by atomic mass is 16.5. The van der Waals surface area contributed by atoms with Crippen molar-refractivity contribution in [1.29, 1.82) is 0 Å². The van der Waals surface area contributed by atoms with Gasteiger partial charge in [0.1, 0.15) is 0 Å². The van der Waals surface area contributed by atoms with Crippen LogP contribution in [0.5, 0.6) is 0 Å². The van der Waals surface area contributed by atoms with Crippen LogP contribution in [0.1, 0.15) is 36.7 Å². The number of amides is 2. The number of guanidine groups is 1. The van der Waals surface area contributed by atoms with E-state index in [0.29, 0.717) is 24.1 Å². The molecular weight excluding hydrogens is 396 g/mol. The second-order valence-corrected chi connectivity index (χ2v) is 7.88. The standard InChI is InChI=1S/C22H36N6O3/c1-4-24-22(27-14-19(16(2)3)28-9-11-31-12-10-28)26-13-17-5-7-18(8-6-17)21(30)25-15-20(23)29/h5-8,16,19H,4,9-15H2,1-3H3,(H2,23,29)(H,25,30)(H2,24,26,27). The van der Waals surface area contributed by atoms with Gasteiger partial charge in [0.15, 0.2) is 5.96 Å². The van der Waals surface area contributed by atoms with E-state index in [2.05, 4.69) is 39.7 Å². The lowest BCUT2D eigenvalue weighted by Crippen LogP contribution is -2.52. The number of primary amides is 1. The van der Waals surface area contributed by atoms with E-state index in [-0.39, 0.29) is 12.5 Å². The summed E-state index contributed by atoms with van der Waals surface area (Å²) in [5.74, 6) is 0.384. The highest BCUT2D eigenvalue weighted by Crippen LogP contribution is 2.12. The first-order valence-electron chi connectivity index (χ1n) is 10.9. The molecule has 0 aliphatic carbocycles. The number of nitrogens with zero attached hydrogens (tertiary/aromatic N) is 2. The Kier molecular flexibility index (Phi) is 10.3. The van der Waals surface area contributed by atoms with E-state index in [0.717, 1.165) is 50.9 Å². The highest BCUT2D eigenvalue weighted by molar-refractivity contribution is 5.96. The fourth-order valence-electron chi connectivity index (χ4n) is 3.44. The van der Waals surface area contributed by atoms with Crippen LogP contribution in [-0.2, 0) is 16.1 Å². The van der Waals surface area contributed by atoms with Gasteiger partial charge in [-0.15, -0.1) is 0 Å². The van der Waals surface area contributed by atoms with Gasteiger partial charge in [-0.2, -0.15) is 0 Å². The molecule has 9 nitrogen and oxygen atoms in total. The Morgan fingerprint density at radius 3 is 2.39 bits per heavy atom. The van der Waals surface area contributed by atoms with Crippen LogP contribution in [0.15, 0.2) is 29.3 Å². The first-order valence-corrected chi connectivity index (χ1v) is 10.9. The Hall–Kier alpha value is -2.65. The van der Waals surface area contributed by atoms with E-state index in [9.17, 15) is 9.59 Å². The Bertz CT molecular complexity index is 729. The number of aliphatic imine (C=N–C) groups is 1. The van der Waals surface area contributed by atoms with Crippen LogP contribution in [0, 0.1) is 5.92 Å². The lowest BCUT2D eigenvalue weighted by atomic mass is 10.0. The summed E-state index contributed by atoms with van der Waals surface area (Å²) in [4.78, 5) is 29.9. The number of carbonyl (C=O) groups excluding carboxylic acids is 2. The number of morpholine rings is 1. The molecule has 31 heavy (non-hydrogen) atoms. The van der Waals surface area contributed by atoms with Crippen LogP contribution >= 0.6 is 0 Å². The number of hydrogen-bond donors (Lipinski definition) is 4. The van der Waals surface area contributed by atoms with Gasteiger partial charge in [-0.3, -0.25) is 14.5 Å². The number of nitrogens with one attached hydrogen (secondary N) is 3. The molecule has 1 fully saturated rings. The molecule has 1 aliphatic rings. The summed E-state index contributed by atoms with van der Waals surface area (Å²) >= 11 is 0. The van der Waals surface area contributed by atoms with Gasteiger partial charge in [0.25, 0.3) is 5.91 Å². The summed E-state index contributed by atoms with van der Waals surface area (Å²) < 4.78 is 5.48. The smallest absolute Gasteiger partial charge is 0.251 e. The topological polar surface area (TPSA) is 121 Å². The molecular formula is C22H36N6O3. The zero-order valence-electron chi connectivity index (χ0n) is 18.8. The minimum atomic E-state index is -0.573. The van der Waals surface area contributed by atoms with E-state index >= 15 is 0 Å². The van der Waals surface area contributed by atoms with Gasteiger partial charge < -0.3 is 26.4 Å². The molecule has 0 radical (unpaired) electrons. The van der Waals surface area contributed by atoms with Crippen LogP contribution in [0.25, 0.3) is 0 Å². The number of benzene rings is 1. The summed E-state index contributed by atoms with van der Waals surface area (Å²) in [6.07, 6.45) is 0. The monoisotopic (exact) mass is 432 g/mol. The normalized spacial score (nSPS) is 16.1. The lowest BCUT2D eigenvalue weighted by molar-refractivity contribution is -0.117. The van der Waals surface area contributed by atoms with Crippen LogP contribution < -0.4 is 21.7 Å². The third-order valence-corrected chi connectivity index (χ3v) is 5.17. The van der Waals surface area contributed by atoms with Crippen molar-refractivity contribution in [3.8, 4) is 0 Å². The van der Waals surface area contributed by atoms with Crippen LogP contribution in [0.4, 0.5) is 0 Å². The number of rotatable bonds is 10. The van der Waals surface area contributed by atoms with Crippen molar-refractivity contribution in [3.63, 3.8) is 0 Å². The maximum atomic E-state index is 12.0. The molecule has 1 saturated heterocycles. The summed E-state index contributed by atoms with van der Waals surface area (Å²) in [6, 6.07) is 7.56. The summed E-state index contributed by atoms with van der Waals surface area (Å²) in [6.45, 7) is 11.9. The van der Waals surface area contributed by atoms with Gasteiger partial charge in [0.05, 0.1) is 26.3 Å². The fourth-order valence-corrected chi connectivity index (χ4v) is 3.44. The second kappa shape index (κ2) is 12.9. The number of nitrogens with two attached hydrogens (primary N) is 1. The van der Waals surface area contributed by atoms with Gasteiger partial charge in [-0.25, -0.2) is 4.99 Å². The van der Waals surface area contributed by atoms with E-state index in [1.165, 1.54) is 0 Å². The van der Waals surface area contributed by atoms with Crippen molar-refractivity contribution in [2.45, 2.75) is 33.4 Å². The minimum Gasteiger partial charge on any atom is -0.379 e. The number of hydrogen-bond acceptors (Lipinski definition) is 5. The maximum absolute atomic E-state index is 12.0. The molecule has 172 valence electrons. The molecule has 1 aliphatic heterocycles. The lowest BCUT2D eigenvalue weighted by Gasteiger charge is -2.37. The van der Waals surface area contributed by atoms with Gasteiger partial charge >= 0.3 is 0 Å². The van der Waals surface area contributed by atoms with E-state index in [1.54, 1.807) is 12.1 Å². The van der Waals surface area contributed by atoms with Crippen LogP contribution in [-0.4, -0.2) is 74.7 Å². The van der Waals surface area contributed by atoms with Crippen molar-refractivity contribution in [1.82, 2.24) is 20.9 Å². The third kappa shape index (κ3) is 8.55. The van der Waals surface area contributed by atoms with Crippen molar-refractivity contribution < 1.29 is 14.3 Å². The van der Waals surface area contributed by atoms with Gasteiger partial charge in [-0.05, 0) is 30.5 Å². The Balaban J connectivity index is 1.93. The highest BCUT2D eigenvalue weighted by Gasteiger charge is 2.23. The van der Waals surface area contributed by atoms with E-state index < -0.39 is 5.91 Å². The van der Waals surface area contributed by atoms with Crippen molar-refractivity contribution in [2.75, 3.05) is 45.9 Å². The average molecular weight is 433 g/mol. The second-order valence-electron chi connectivity index (χ2n) is 7.88.